The van der Waals surface area contributed by atoms with E-state index in [9.17, 15) is 0 Å². The third-order valence-electron chi connectivity index (χ3n) is 3.88. The molecule has 0 saturated heterocycles. The summed E-state index contributed by atoms with van der Waals surface area (Å²) in [6.07, 6.45) is 7.69. The molecule has 0 heterocycles. The third kappa shape index (κ3) is 2.48. The minimum atomic E-state index is 0.0507. The summed E-state index contributed by atoms with van der Waals surface area (Å²) < 4.78 is 6.07. The maximum Gasteiger partial charge on any atom is 0.0804 e. The number of rotatable bonds is 4. The lowest BCUT2D eigenvalue weighted by Crippen LogP contribution is -2.44. The van der Waals surface area contributed by atoms with Crippen LogP contribution >= 0.6 is 0 Å². The summed E-state index contributed by atoms with van der Waals surface area (Å²) in [5, 5.41) is 0. The molecule has 2 rings (SSSR count). The van der Waals surface area contributed by atoms with Crippen molar-refractivity contribution in [3.05, 3.63) is 0 Å². The van der Waals surface area contributed by atoms with Crippen LogP contribution in [0.3, 0.4) is 0 Å². The van der Waals surface area contributed by atoms with E-state index >= 15 is 0 Å². The Balaban J connectivity index is 1.81. The molecule has 2 heteroatoms. The van der Waals surface area contributed by atoms with Crippen molar-refractivity contribution >= 4 is 0 Å². The van der Waals surface area contributed by atoms with Crippen molar-refractivity contribution in [1.82, 2.24) is 0 Å². The van der Waals surface area contributed by atoms with Crippen molar-refractivity contribution in [3.63, 3.8) is 0 Å². The predicted molar refractivity (Wildman–Crippen MR) is 58.1 cm³/mol. The average molecular weight is 197 g/mol. The van der Waals surface area contributed by atoms with Crippen LogP contribution in [0.5, 0.6) is 0 Å². The summed E-state index contributed by atoms with van der Waals surface area (Å²) in [6.45, 7) is 4.01. The fraction of sp³-hybridized carbons (Fsp3) is 1.00. The largest absolute Gasteiger partial charge is 0.373 e. The van der Waals surface area contributed by atoms with E-state index in [-0.39, 0.29) is 5.60 Å². The zero-order chi connectivity index (χ0) is 10.0. The lowest BCUT2D eigenvalue weighted by molar-refractivity contribution is -0.0742. The van der Waals surface area contributed by atoms with Gasteiger partial charge in [0.15, 0.2) is 0 Å². The minimum Gasteiger partial charge on any atom is -0.373 e. The van der Waals surface area contributed by atoms with Gasteiger partial charge in [0.25, 0.3) is 0 Å². The van der Waals surface area contributed by atoms with Gasteiger partial charge in [0, 0.05) is 6.54 Å². The molecule has 2 aliphatic carbocycles. The third-order valence-corrected chi connectivity index (χ3v) is 3.88. The van der Waals surface area contributed by atoms with E-state index in [0.717, 1.165) is 18.4 Å². The highest BCUT2D eigenvalue weighted by Gasteiger charge is 2.35. The fourth-order valence-electron chi connectivity index (χ4n) is 2.27. The normalized spacial score (nSPS) is 38.6. The van der Waals surface area contributed by atoms with Crippen LogP contribution in [0.4, 0.5) is 0 Å². The van der Waals surface area contributed by atoms with Crippen LogP contribution in [0, 0.1) is 11.8 Å². The molecular weight excluding hydrogens is 174 g/mol. The molecule has 0 spiro atoms. The van der Waals surface area contributed by atoms with Gasteiger partial charge in [-0.3, -0.25) is 0 Å². The monoisotopic (exact) mass is 197 g/mol. The highest BCUT2D eigenvalue weighted by Crippen LogP contribution is 2.37. The number of nitrogens with two attached hydrogens (primary N) is 1. The molecule has 2 nitrogen and oxygen atoms in total. The molecule has 0 atom stereocenters. The van der Waals surface area contributed by atoms with Crippen molar-refractivity contribution in [2.45, 2.75) is 51.0 Å². The van der Waals surface area contributed by atoms with Crippen LogP contribution in [-0.4, -0.2) is 18.8 Å². The second kappa shape index (κ2) is 4.19. The second-order valence-electron chi connectivity index (χ2n) is 5.32. The summed E-state index contributed by atoms with van der Waals surface area (Å²) in [5.74, 6) is 1.73. The molecule has 0 bridgehead atoms. The maximum atomic E-state index is 6.07. The van der Waals surface area contributed by atoms with Gasteiger partial charge < -0.3 is 10.5 Å². The Bertz CT molecular complexity index is 181. The van der Waals surface area contributed by atoms with Crippen LogP contribution < -0.4 is 5.73 Å². The lowest BCUT2D eigenvalue weighted by Gasteiger charge is -2.38. The molecule has 0 aromatic heterocycles. The minimum absolute atomic E-state index is 0.0507. The Kier molecular flexibility index (Phi) is 3.13. The van der Waals surface area contributed by atoms with Crippen LogP contribution in [0.1, 0.15) is 45.4 Å². The molecule has 14 heavy (non-hydrogen) atoms. The van der Waals surface area contributed by atoms with Crippen molar-refractivity contribution < 1.29 is 4.74 Å². The Morgan fingerprint density at radius 2 is 1.86 bits per heavy atom. The smallest absolute Gasteiger partial charge is 0.0804 e. The Morgan fingerprint density at radius 3 is 2.36 bits per heavy atom. The van der Waals surface area contributed by atoms with E-state index in [2.05, 4.69) is 6.92 Å². The SMILES string of the molecule is CC1CCC(CN)(OCC2CC2)CC1. The number of hydrogen-bond acceptors (Lipinski definition) is 2. The van der Waals surface area contributed by atoms with Crippen molar-refractivity contribution in [3.8, 4) is 0 Å². The van der Waals surface area contributed by atoms with E-state index in [1.54, 1.807) is 0 Å². The molecule has 0 aliphatic heterocycles. The van der Waals surface area contributed by atoms with Crippen molar-refractivity contribution in [2.24, 2.45) is 17.6 Å². The van der Waals surface area contributed by atoms with Crippen LogP contribution in [-0.2, 0) is 4.74 Å². The lowest BCUT2D eigenvalue weighted by atomic mass is 9.79. The van der Waals surface area contributed by atoms with Gasteiger partial charge in [-0.2, -0.15) is 0 Å². The summed E-state index contributed by atoms with van der Waals surface area (Å²) in [7, 11) is 0. The molecule has 82 valence electrons. The zero-order valence-electron chi connectivity index (χ0n) is 9.30. The first-order valence-electron chi connectivity index (χ1n) is 6.08. The first-order chi connectivity index (χ1) is 6.74. The van der Waals surface area contributed by atoms with Crippen molar-refractivity contribution in [1.29, 1.82) is 0 Å². The van der Waals surface area contributed by atoms with E-state index < -0.39 is 0 Å². The van der Waals surface area contributed by atoms with Crippen LogP contribution in [0.2, 0.25) is 0 Å². The van der Waals surface area contributed by atoms with Gasteiger partial charge in [-0.25, -0.2) is 0 Å². The first-order valence-corrected chi connectivity index (χ1v) is 6.08. The maximum absolute atomic E-state index is 6.07. The average Bonchev–Trinajstić information content (AvgIpc) is 3.02. The summed E-state index contributed by atoms with van der Waals surface area (Å²) in [6, 6.07) is 0. The molecule has 0 aromatic rings. The standard InChI is InChI=1S/C12H23NO/c1-10-4-6-12(9-13,7-5-10)14-8-11-2-3-11/h10-11H,2-9,13H2,1H3. The summed E-state index contributed by atoms with van der Waals surface area (Å²) in [4.78, 5) is 0. The molecule has 0 aromatic carbocycles. The molecule has 2 fully saturated rings. The molecule has 2 saturated carbocycles. The molecule has 2 aliphatic rings. The first kappa shape index (κ1) is 10.4. The summed E-state index contributed by atoms with van der Waals surface area (Å²) >= 11 is 0. The second-order valence-corrected chi connectivity index (χ2v) is 5.32. The van der Waals surface area contributed by atoms with Gasteiger partial charge in [0.1, 0.15) is 0 Å². The summed E-state index contributed by atoms with van der Waals surface area (Å²) in [5.41, 5.74) is 5.92. The van der Waals surface area contributed by atoms with Crippen LogP contribution in [0.25, 0.3) is 0 Å². The Hall–Kier alpha value is -0.0800. The van der Waals surface area contributed by atoms with E-state index in [1.807, 2.05) is 0 Å². The van der Waals surface area contributed by atoms with Crippen molar-refractivity contribution in [2.75, 3.05) is 13.2 Å². The van der Waals surface area contributed by atoms with E-state index in [0.29, 0.717) is 6.54 Å². The highest BCUT2D eigenvalue weighted by molar-refractivity contribution is 4.88. The van der Waals surface area contributed by atoms with Gasteiger partial charge in [-0.05, 0) is 50.4 Å². The molecule has 0 unspecified atom stereocenters. The molecular formula is C12H23NO. The fourth-order valence-corrected chi connectivity index (χ4v) is 2.27. The van der Waals surface area contributed by atoms with Gasteiger partial charge in [0.05, 0.1) is 12.2 Å². The molecule has 2 N–H and O–H groups in total. The number of ether oxygens (including phenoxy) is 1. The zero-order valence-corrected chi connectivity index (χ0v) is 9.30. The number of hydrogen-bond donors (Lipinski definition) is 1. The predicted octanol–water partition coefficient (Wildman–Crippen LogP) is 2.32. The van der Waals surface area contributed by atoms with E-state index in [4.69, 9.17) is 10.5 Å². The van der Waals surface area contributed by atoms with Gasteiger partial charge in [-0.15, -0.1) is 0 Å². The van der Waals surface area contributed by atoms with Crippen LogP contribution in [0.15, 0.2) is 0 Å². The highest BCUT2D eigenvalue weighted by atomic mass is 16.5. The van der Waals surface area contributed by atoms with E-state index in [1.165, 1.54) is 38.5 Å². The topological polar surface area (TPSA) is 35.2 Å². The van der Waals surface area contributed by atoms with Gasteiger partial charge >= 0.3 is 0 Å². The quantitative estimate of drug-likeness (QED) is 0.750. The molecule has 0 amide bonds. The van der Waals surface area contributed by atoms with Gasteiger partial charge in [-0.1, -0.05) is 6.92 Å². The Labute approximate surface area is 87.2 Å². The molecule has 0 radical (unpaired) electrons. The Morgan fingerprint density at radius 1 is 1.21 bits per heavy atom. The van der Waals surface area contributed by atoms with Gasteiger partial charge in [0.2, 0.25) is 0 Å².